The van der Waals surface area contributed by atoms with Crippen molar-refractivity contribution in [3.63, 3.8) is 0 Å². The second kappa shape index (κ2) is 11.3. The molecule has 1 fully saturated rings. The molecule has 2 rings (SSSR count). The predicted molar refractivity (Wildman–Crippen MR) is 112 cm³/mol. The molecule has 152 valence electrons. The van der Waals surface area contributed by atoms with E-state index in [4.69, 9.17) is 9.73 Å². The quantitative estimate of drug-likeness (QED) is 0.540. The molecule has 0 radical (unpaired) electrons. The Morgan fingerprint density at radius 1 is 1.37 bits per heavy atom. The maximum Gasteiger partial charge on any atom is 0.194 e. The Labute approximate surface area is 164 Å². The van der Waals surface area contributed by atoms with Gasteiger partial charge in [0.2, 0.25) is 0 Å². The van der Waals surface area contributed by atoms with Gasteiger partial charge in [-0.3, -0.25) is 4.99 Å². The highest BCUT2D eigenvalue weighted by Crippen LogP contribution is 2.25. The summed E-state index contributed by atoms with van der Waals surface area (Å²) in [5.41, 5.74) is 2.53. The molecule has 0 bridgehead atoms. The van der Waals surface area contributed by atoms with Crippen LogP contribution in [-0.4, -0.2) is 55.4 Å². The average Bonchev–Trinajstić information content (AvgIpc) is 2.65. The van der Waals surface area contributed by atoms with E-state index >= 15 is 0 Å². The molecule has 5 heteroatoms. The Bertz CT molecular complexity index is 589. The highest BCUT2D eigenvalue weighted by Gasteiger charge is 2.25. The molecular formula is C22H37N3O2. The summed E-state index contributed by atoms with van der Waals surface area (Å²) in [6.07, 6.45) is 1.99. The van der Waals surface area contributed by atoms with Gasteiger partial charge in [0.1, 0.15) is 6.10 Å². The van der Waals surface area contributed by atoms with E-state index in [0.717, 1.165) is 45.0 Å². The summed E-state index contributed by atoms with van der Waals surface area (Å²) >= 11 is 0. The number of nitrogens with one attached hydrogen (secondary N) is 1. The Kier molecular flexibility index (Phi) is 9.08. The molecule has 1 aromatic rings. The van der Waals surface area contributed by atoms with Crippen molar-refractivity contribution in [2.45, 2.75) is 46.6 Å². The average molecular weight is 376 g/mol. The maximum absolute atomic E-state index is 9.36. The molecule has 1 aromatic carbocycles. The molecule has 0 saturated carbocycles. The largest absolute Gasteiger partial charge is 0.396 e. The fourth-order valence-electron chi connectivity index (χ4n) is 3.75. The lowest BCUT2D eigenvalue weighted by Gasteiger charge is -2.36. The fraction of sp³-hybridized carbons (Fsp3) is 0.682. The van der Waals surface area contributed by atoms with Crippen LogP contribution in [0.5, 0.6) is 0 Å². The number of aliphatic hydroxyl groups is 1. The third-order valence-corrected chi connectivity index (χ3v) is 5.08. The van der Waals surface area contributed by atoms with E-state index in [1.54, 1.807) is 0 Å². The van der Waals surface area contributed by atoms with E-state index in [1.807, 2.05) is 0 Å². The number of nitrogens with zero attached hydrogens (tertiary/aromatic N) is 2. The SMILES string of the molecule is CCNC(=NCC(CCO)CC(C)C)N1CCOC(c2ccccc2C)C1. The molecule has 1 heterocycles. The third-order valence-electron chi connectivity index (χ3n) is 5.08. The minimum absolute atomic E-state index is 0.0766. The van der Waals surface area contributed by atoms with Crippen molar-refractivity contribution < 1.29 is 9.84 Å². The lowest BCUT2D eigenvalue weighted by molar-refractivity contribution is -0.00835. The highest BCUT2D eigenvalue weighted by molar-refractivity contribution is 5.80. The van der Waals surface area contributed by atoms with Crippen LogP contribution in [0.1, 0.15) is 50.8 Å². The zero-order valence-electron chi connectivity index (χ0n) is 17.4. The van der Waals surface area contributed by atoms with Crippen LogP contribution in [0.15, 0.2) is 29.3 Å². The number of aliphatic hydroxyl groups excluding tert-OH is 1. The Morgan fingerprint density at radius 3 is 2.81 bits per heavy atom. The Hall–Kier alpha value is -1.59. The first-order valence-electron chi connectivity index (χ1n) is 10.4. The highest BCUT2D eigenvalue weighted by atomic mass is 16.5. The zero-order chi connectivity index (χ0) is 19.6. The number of aryl methyl sites for hydroxylation is 1. The van der Waals surface area contributed by atoms with Gasteiger partial charge in [-0.05, 0) is 49.7 Å². The number of aliphatic imine (C=N–C) groups is 1. The van der Waals surface area contributed by atoms with Crippen molar-refractivity contribution in [3.05, 3.63) is 35.4 Å². The van der Waals surface area contributed by atoms with Gasteiger partial charge in [-0.2, -0.15) is 0 Å². The van der Waals surface area contributed by atoms with Crippen LogP contribution < -0.4 is 5.32 Å². The van der Waals surface area contributed by atoms with Crippen LogP contribution in [0.2, 0.25) is 0 Å². The standard InChI is InChI=1S/C22H37N3O2/c1-5-23-22(24-15-19(10-12-26)14-17(2)3)25-11-13-27-21(16-25)20-9-7-6-8-18(20)4/h6-9,17,19,21,26H,5,10-16H2,1-4H3,(H,23,24). The smallest absolute Gasteiger partial charge is 0.194 e. The van der Waals surface area contributed by atoms with Crippen LogP contribution in [-0.2, 0) is 4.74 Å². The van der Waals surface area contributed by atoms with Gasteiger partial charge in [-0.1, -0.05) is 38.1 Å². The normalized spacial score (nSPS) is 19.4. The van der Waals surface area contributed by atoms with Crippen molar-refractivity contribution in [1.29, 1.82) is 0 Å². The lowest BCUT2D eigenvalue weighted by atomic mass is 9.94. The van der Waals surface area contributed by atoms with Gasteiger partial charge in [-0.15, -0.1) is 0 Å². The van der Waals surface area contributed by atoms with Gasteiger partial charge in [0.05, 0.1) is 13.2 Å². The first kappa shape index (κ1) is 21.7. The molecule has 2 N–H and O–H groups in total. The van der Waals surface area contributed by atoms with Gasteiger partial charge in [-0.25, -0.2) is 0 Å². The zero-order valence-corrected chi connectivity index (χ0v) is 17.4. The molecule has 1 aliphatic rings. The molecule has 2 atom stereocenters. The number of hydrogen-bond donors (Lipinski definition) is 2. The van der Waals surface area contributed by atoms with Gasteiger partial charge < -0.3 is 20.1 Å². The molecule has 2 unspecified atom stereocenters. The van der Waals surface area contributed by atoms with Crippen molar-refractivity contribution in [3.8, 4) is 0 Å². The number of rotatable bonds is 8. The fourth-order valence-corrected chi connectivity index (χ4v) is 3.75. The van der Waals surface area contributed by atoms with Crippen molar-refractivity contribution >= 4 is 5.96 Å². The summed E-state index contributed by atoms with van der Waals surface area (Å²) in [4.78, 5) is 7.24. The molecule has 27 heavy (non-hydrogen) atoms. The second-order valence-electron chi connectivity index (χ2n) is 7.86. The molecule has 5 nitrogen and oxygen atoms in total. The first-order chi connectivity index (χ1) is 13.0. The lowest BCUT2D eigenvalue weighted by Crippen LogP contribution is -2.48. The van der Waals surface area contributed by atoms with Gasteiger partial charge >= 0.3 is 0 Å². The topological polar surface area (TPSA) is 57.1 Å². The maximum atomic E-state index is 9.36. The van der Waals surface area contributed by atoms with Gasteiger partial charge in [0.15, 0.2) is 5.96 Å². The van der Waals surface area contributed by atoms with Gasteiger partial charge in [0, 0.05) is 26.2 Å². The summed E-state index contributed by atoms with van der Waals surface area (Å²) in [7, 11) is 0. The van der Waals surface area contributed by atoms with E-state index in [-0.39, 0.29) is 12.7 Å². The van der Waals surface area contributed by atoms with E-state index < -0.39 is 0 Å². The van der Waals surface area contributed by atoms with Crippen molar-refractivity contribution in [2.75, 3.05) is 39.4 Å². The molecule has 0 aromatic heterocycles. The number of ether oxygens (including phenoxy) is 1. The van der Waals surface area contributed by atoms with Crippen molar-refractivity contribution in [1.82, 2.24) is 10.2 Å². The molecule has 1 aliphatic heterocycles. The molecule has 0 aliphatic carbocycles. The Balaban J connectivity index is 2.08. The summed E-state index contributed by atoms with van der Waals surface area (Å²) in [6.45, 7) is 12.9. The van der Waals surface area contributed by atoms with Crippen LogP contribution in [0.3, 0.4) is 0 Å². The van der Waals surface area contributed by atoms with E-state index in [1.165, 1.54) is 11.1 Å². The van der Waals surface area contributed by atoms with Crippen LogP contribution in [0.25, 0.3) is 0 Å². The van der Waals surface area contributed by atoms with Crippen LogP contribution in [0.4, 0.5) is 0 Å². The Morgan fingerprint density at radius 2 is 2.15 bits per heavy atom. The van der Waals surface area contributed by atoms with Crippen LogP contribution in [0, 0.1) is 18.8 Å². The summed E-state index contributed by atoms with van der Waals surface area (Å²) < 4.78 is 6.06. The summed E-state index contributed by atoms with van der Waals surface area (Å²) in [6, 6.07) is 8.45. The van der Waals surface area contributed by atoms with Gasteiger partial charge in [0.25, 0.3) is 0 Å². The monoisotopic (exact) mass is 375 g/mol. The summed E-state index contributed by atoms with van der Waals surface area (Å²) in [5, 5.41) is 12.8. The first-order valence-corrected chi connectivity index (χ1v) is 10.4. The predicted octanol–water partition coefficient (Wildman–Crippen LogP) is 3.38. The number of hydrogen-bond acceptors (Lipinski definition) is 3. The van der Waals surface area contributed by atoms with Crippen molar-refractivity contribution in [2.24, 2.45) is 16.8 Å². The molecule has 1 saturated heterocycles. The molecule has 0 amide bonds. The molecule has 0 spiro atoms. The summed E-state index contributed by atoms with van der Waals surface area (Å²) in [5.74, 6) is 2.01. The van der Waals surface area contributed by atoms with Crippen LogP contribution >= 0.6 is 0 Å². The minimum Gasteiger partial charge on any atom is -0.396 e. The van der Waals surface area contributed by atoms with E-state index in [2.05, 4.69) is 62.2 Å². The number of benzene rings is 1. The number of morpholine rings is 1. The second-order valence-corrected chi connectivity index (χ2v) is 7.86. The molecular weight excluding hydrogens is 338 g/mol. The minimum atomic E-state index is 0.0766. The number of guanidine groups is 1. The van der Waals surface area contributed by atoms with E-state index in [9.17, 15) is 5.11 Å². The van der Waals surface area contributed by atoms with E-state index in [0.29, 0.717) is 18.4 Å². The third kappa shape index (κ3) is 6.82.